The SMILES string of the molecule is Nc1cc2c(cc1NCCc1ccc(F)cc1)NC(=O)C2. The van der Waals surface area contributed by atoms with Crippen molar-refractivity contribution in [2.45, 2.75) is 12.8 Å². The molecule has 108 valence electrons. The van der Waals surface area contributed by atoms with Gasteiger partial charge in [0.05, 0.1) is 17.8 Å². The molecule has 0 atom stereocenters. The first-order valence-corrected chi connectivity index (χ1v) is 6.82. The van der Waals surface area contributed by atoms with Gasteiger partial charge in [-0.15, -0.1) is 0 Å². The second-order valence-electron chi connectivity index (χ2n) is 5.12. The third-order valence-electron chi connectivity index (χ3n) is 3.54. The summed E-state index contributed by atoms with van der Waals surface area (Å²) in [6.07, 6.45) is 1.15. The Hall–Kier alpha value is -2.56. The molecule has 0 spiro atoms. The highest BCUT2D eigenvalue weighted by molar-refractivity contribution is 6.00. The van der Waals surface area contributed by atoms with E-state index < -0.39 is 0 Å². The maximum atomic E-state index is 12.8. The zero-order valence-corrected chi connectivity index (χ0v) is 11.4. The molecule has 1 heterocycles. The molecule has 0 saturated carbocycles. The molecular formula is C16H16FN3O. The number of halogens is 1. The zero-order valence-electron chi connectivity index (χ0n) is 11.4. The fourth-order valence-electron chi connectivity index (χ4n) is 2.44. The van der Waals surface area contributed by atoms with E-state index in [0.717, 1.165) is 28.9 Å². The summed E-state index contributed by atoms with van der Waals surface area (Å²) in [6, 6.07) is 10.1. The molecule has 5 heteroatoms. The molecule has 1 amide bonds. The van der Waals surface area contributed by atoms with E-state index in [4.69, 9.17) is 5.73 Å². The first-order chi connectivity index (χ1) is 10.1. The Morgan fingerprint density at radius 2 is 2.00 bits per heavy atom. The van der Waals surface area contributed by atoms with Gasteiger partial charge in [0.25, 0.3) is 0 Å². The van der Waals surface area contributed by atoms with Crippen LogP contribution in [0.3, 0.4) is 0 Å². The largest absolute Gasteiger partial charge is 0.397 e. The van der Waals surface area contributed by atoms with Gasteiger partial charge < -0.3 is 16.4 Å². The van der Waals surface area contributed by atoms with Gasteiger partial charge in [-0.1, -0.05) is 12.1 Å². The summed E-state index contributed by atoms with van der Waals surface area (Å²) in [7, 11) is 0. The van der Waals surface area contributed by atoms with Crippen LogP contribution in [0.2, 0.25) is 0 Å². The van der Waals surface area contributed by atoms with Crippen LogP contribution >= 0.6 is 0 Å². The number of hydrogen-bond donors (Lipinski definition) is 3. The van der Waals surface area contributed by atoms with Gasteiger partial charge in [0.2, 0.25) is 5.91 Å². The highest BCUT2D eigenvalue weighted by atomic mass is 19.1. The number of anilines is 3. The second-order valence-corrected chi connectivity index (χ2v) is 5.12. The van der Waals surface area contributed by atoms with Crippen LogP contribution < -0.4 is 16.4 Å². The standard InChI is InChI=1S/C16H16FN3O/c17-12-3-1-10(2-4-12)5-6-19-15-9-14-11(7-13(15)18)8-16(21)20-14/h1-4,7,9,19H,5-6,8,18H2,(H,20,21). The number of hydrogen-bond acceptors (Lipinski definition) is 3. The monoisotopic (exact) mass is 285 g/mol. The van der Waals surface area contributed by atoms with Gasteiger partial charge in [0.1, 0.15) is 5.82 Å². The molecule has 0 saturated heterocycles. The lowest BCUT2D eigenvalue weighted by Crippen LogP contribution is -2.07. The Balaban J connectivity index is 1.64. The van der Waals surface area contributed by atoms with E-state index in [1.807, 2.05) is 12.1 Å². The lowest BCUT2D eigenvalue weighted by molar-refractivity contribution is -0.115. The van der Waals surface area contributed by atoms with E-state index in [-0.39, 0.29) is 11.7 Å². The van der Waals surface area contributed by atoms with Crippen LogP contribution in [0.4, 0.5) is 21.5 Å². The second kappa shape index (κ2) is 5.44. The summed E-state index contributed by atoms with van der Waals surface area (Å²) in [5, 5.41) is 6.05. The predicted molar refractivity (Wildman–Crippen MR) is 81.8 cm³/mol. The van der Waals surface area contributed by atoms with Gasteiger partial charge in [-0.3, -0.25) is 4.79 Å². The predicted octanol–water partition coefficient (Wildman–Crippen LogP) is 2.56. The van der Waals surface area contributed by atoms with E-state index in [9.17, 15) is 9.18 Å². The Bertz CT molecular complexity index is 683. The van der Waals surface area contributed by atoms with E-state index >= 15 is 0 Å². The summed E-state index contributed by atoms with van der Waals surface area (Å²) < 4.78 is 12.8. The molecule has 1 aliphatic rings. The lowest BCUT2D eigenvalue weighted by atomic mass is 10.1. The number of fused-ring (bicyclic) bond motifs is 1. The summed E-state index contributed by atoms with van der Waals surface area (Å²) >= 11 is 0. The van der Waals surface area contributed by atoms with Crippen LogP contribution in [0.5, 0.6) is 0 Å². The number of carbonyl (C=O) groups is 1. The van der Waals surface area contributed by atoms with Crippen molar-refractivity contribution in [2.24, 2.45) is 0 Å². The molecular weight excluding hydrogens is 269 g/mol. The first-order valence-electron chi connectivity index (χ1n) is 6.82. The molecule has 1 aliphatic heterocycles. The van der Waals surface area contributed by atoms with E-state index in [0.29, 0.717) is 18.7 Å². The molecule has 21 heavy (non-hydrogen) atoms. The van der Waals surface area contributed by atoms with Crippen molar-refractivity contribution < 1.29 is 9.18 Å². The first kappa shape index (κ1) is 13.4. The number of carbonyl (C=O) groups excluding carboxylic acids is 1. The van der Waals surface area contributed by atoms with Crippen molar-refractivity contribution in [3.05, 3.63) is 53.3 Å². The van der Waals surface area contributed by atoms with Crippen molar-refractivity contribution in [1.82, 2.24) is 0 Å². The Morgan fingerprint density at radius 1 is 1.24 bits per heavy atom. The number of nitrogen functional groups attached to an aromatic ring is 1. The molecule has 0 bridgehead atoms. The fourth-order valence-corrected chi connectivity index (χ4v) is 2.44. The van der Waals surface area contributed by atoms with Crippen LogP contribution in [0.1, 0.15) is 11.1 Å². The molecule has 0 aliphatic carbocycles. The minimum Gasteiger partial charge on any atom is -0.397 e. The molecule has 2 aromatic carbocycles. The minimum absolute atomic E-state index is 0.00661. The zero-order chi connectivity index (χ0) is 14.8. The van der Waals surface area contributed by atoms with Gasteiger partial charge in [-0.2, -0.15) is 0 Å². The molecule has 0 unspecified atom stereocenters. The Morgan fingerprint density at radius 3 is 2.76 bits per heavy atom. The van der Waals surface area contributed by atoms with Gasteiger partial charge >= 0.3 is 0 Å². The average Bonchev–Trinajstić information content (AvgIpc) is 2.80. The topological polar surface area (TPSA) is 67.2 Å². The lowest BCUT2D eigenvalue weighted by Gasteiger charge is -2.11. The summed E-state index contributed by atoms with van der Waals surface area (Å²) in [4.78, 5) is 11.3. The summed E-state index contributed by atoms with van der Waals surface area (Å²) in [6.45, 7) is 0.683. The third kappa shape index (κ3) is 2.97. The van der Waals surface area contributed by atoms with E-state index in [1.165, 1.54) is 12.1 Å². The van der Waals surface area contributed by atoms with Gasteiger partial charge in [0, 0.05) is 12.2 Å². The van der Waals surface area contributed by atoms with Crippen LogP contribution in [0.25, 0.3) is 0 Å². The normalized spacial score (nSPS) is 12.9. The highest BCUT2D eigenvalue weighted by Gasteiger charge is 2.19. The van der Waals surface area contributed by atoms with Crippen LogP contribution in [-0.2, 0) is 17.6 Å². The number of nitrogens with one attached hydrogen (secondary N) is 2. The quantitative estimate of drug-likeness (QED) is 0.756. The molecule has 4 nitrogen and oxygen atoms in total. The fraction of sp³-hybridized carbons (Fsp3) is 0.188. The van der Waals surface area contributed by atoms with Gasteiger partial charge in [-0.25, -0.2) is 4.39 Å². The maximum Gasteiger partial charge on any atom is 0.228 e. The van der Waals surface area contributed by atoms with Crippen molar-refractivity contribution in [3.8, 4) is 0 Å². The van der Waals surface area contributed by atoms with Crippen LogP contribution in [-0.4, -0.2) is 12.5 Å². The van der Waals surface area contributed by atoms with E-state index in [1.54, 1.807) is 12.1 Å². The van der Waals surface area contributed by atoms with Crippen molar-refractivity contribution in [3.63, 3.8) is 0 Å². The molecule has 0 fully saturated rings. The minimum atomic E-state index is -0.231. The number of benzene rings is 2. The number of rotatable bonds is 4. The van der Waals surface area contributed by atoms with Crippen molar-refractivity contribution in [1.29, 1.82) is 0 Å². The van der Waals surface area contributed by atoms with E-state index in [2.05, 4.69) is 10.6 Å². The molecule has 3 rings (SSSR count). The maximum absolute atomic E-state index is 12.8. The summed E-state index contributed by atoms with van der Waals surface area (Å²) in [5.74, 6) is -0.238. The van der Waals surface area contributed by atoms with Crippen molar-refractivity contribution in [2.75, 3.05) is 22.9 Å². The van der Waals surface area contributed by atoms with Crippen LogP contribution in [0, 0.1) is 5.82 Å². The van der Waals surface area contributed by atoms with Gasteiger partial charge in [0.15, 0.2) is 0 Å². The average molecular weight is 285 g/mol. The molecule has 0 radical (unpaired) electrons. The molecule has 4 N–H and O–H groups in total. The smallest absolute Gasteiger partial charge is 0.228 e. The summed E-state index contributed by atoms with van der Waals surface area (Å²) in [5.41, 5.74) is 10.2. The Labute approximate surface area is 122 Å². The van der Waals surface area contributed by atoms with Crippen molar-refractivity contribution >= 4 is 23.0 Å². The molecule has 0 aromatic heterocycles. The van der Waals surface area contributed by atoms with Gasteiger partial charge in [-0.05, 0) is 41.8 Å². The highest BCUT2D eigenvalue weighted by Crippen LogP contribution is 2.31. The number of nitrogens with two attached hydrogens (primary N) is 1. The molecule has 2 aromatic rings. The third-order valence-corrected chi connectivity index (χ3v) is 3.54. The Kier molecular flexibility index (Phi) is 3.48. The van der Waals surface area contributed by atoms with Crippen LogP contribution in [0.15, 0.2) is 36.4 Å². The number of amides is 1.